The highest BCUT2D eigenvalue weighted by Gasteiger charge is 2.31. The van der Waals surface area contributed by atoms with Crippen LogP contribution in [0.1, 0.15) is 27.7 Å². The second kappa shape index (κ2) is 5.09. The molecular weight excluding hydrogens is 226 g/mol. The third-order valence-electron chi connectivity index (χ3n) is 3.78. The van der Waals surface area contributed by atoms with Crippen molar-refractivity contribution < 1.29 is 9.53 Å². The number of Topliss-reactive ketones (excluding diaryl/α,β-unsaturated/α-hetero) is 1. The standard InChI is InChI=1S/C15H21NO2/c1-9(2)14-8-18-15(16-14)13-7-5-6-12(10(13)3)11(4)17/h5-7,9-10,12,14H,8H2,1-4H3/t10-,12+,14-/m1/s1. The molecule has 0 radical (unpaired) electrons. The van der Waals surface area contributed by atoms with Crippen LogP contribution in [0.2, 0.25) is 0 Å². The fourth-order valence-corrected chi connectivity index (χ4v) is 2.43. The van der Waals surface area contributed by atoms with Gasteiger partial charge in [-0.1, -0.05) is 39.0 Å². The summed E-state index contributed by atoms with van der Waals surface area (Å²) < 4.78 is 5.70. The van der Waals surface area contributed by atoms with E-state index in [9.17, 15) is 4.79 Å². The number of nitrogens with zero attached hydrogens (tertiary/aromatic N) is 1. The first-order valence-electron chi connectivity index (χ1n) is 6.60. The molecule has 1 aliphatic carbocycles. The normalized spacial score (nSPS) is 31.1. The van der Waals surface area contributed by atoms with E-state index in [0.717, 1.165) is 11.5 Å². The molecule has 0 spiro atoms. The summed E-state index contributed by atoms with van der Waals surface area (Å²) in [5.74, 6) is 1.52. The average molecular weight is 247 g/mol. The summed E-state index contributed by atoms with van der Waals surface area (Å²) in [6.07, 6.45) is 5.92. The molecule has 0 aromatic rings. The average Bonchev–Trinajstić information content (AvgIpc) is 2.78. The van der Waals surface area contributed by atoms with Gasteiger partial charge in [-0.25, -0.2) is 4.99 Å². The van der Waals surface area contributed by atoms with E-state index in [1.807, 2.05) is 18.2 Å². The largest absolute Gasteiger partial charge is 0.475 e. The third-order valence-corrected chi connectivity index (χ3v) is 3.78. The van der Waals surface area contributed by atoms with Gasteiger partial charge in [0.15, 0.2) is 0 Å². The lowest BCUT2D eigenvalue weighted by atomic mass is 9.81. The molecule has 3 heteroatoms. The summed E-state index contributed by atoms with van der Waals surface area (Å²) in [4.78, 5) is 16.2. The monoisotopic (exact) mass is 247 g/mol. The molecule has 1 heterocycles. The summed E-state index contributed by atoms with van der Waals surface area (Å²) in [7, 11) is 0. The number of allylic oxidation sites excluding steroid dienone is 3. The van der Waals surface area contributed by atoms with Gasteiger partial charge >= 0.3 is 0 Å². The maximum absolute atomic E-state index is 11.6. The fraction of sp³-hybridized carbons (Fsp3) is 0.600. The van der Waals surface area contributed by atoms with Gasteiger partial charge in [0.25, 0.3) is 0 Å². The minimum Gasteiger partial charge on any atom is -0.475 e. The number of hydrogen-bond donors (Lipinski definition) is 0. The summed E-state index contributed by atoms with van der Waals surface area (Å²) >= 11 is 0. The van der Waals surface area contributed by atoms with E-state index in [1.54, 1.807) is 6.92 Å². The van der Waals surface area contributed by atoms with Gasteiger partial charge < -0.3 is 4.74 Å². The van der Waals surface area contributed by atoms with Crippen LogP contribution in [0.3, 0.4) is 0 Å². The first-order valence-corrected chi connectivity index (χ1v) is 6.60. The minimum atomic E-state index is -0.0469. The Bertz CT molecular complexity index is 432. The quantitative estimate of drug-likeness (QED) is 0.769. The van der Waals surface area contributed by atoms with Gasteiger partial charge in [0, 0.05) is 11.5 Å². The molecule has 0 N–H and O–H groups in total. The third kappa shape index (κ3) is 2.40. The maximum atomic E-state index is 11.6. The van der Waals surface area contributed by atoms with Crippen LogP contribution in [-0.4, -0.2) is 24.3 Å². The van der Waals surface area contributed by atoms with Gasteiger partial charge in [-0.2, -0.15) is 0 Å². The Kier molecular flexibility index (Phi) is 3.69. The zero-order valence-corrected chi connectivity index (χ0v) is 11.5. The fourth-order valence-electron chi connectivity index (χ4n) is 2.43. The van der Waals surface area contributed by atoms with Crippen molar-refractivity contribution >= 4 is 11.7 Å². The van der Waals surface area contributed by atoms with Crippen LogP contribution in [0.15, 0.2) is 28.8 Å². The molecule has 0 unspecified atom stereocenters. The number of aliphatic imine (C=N–C) groups is 1. The number of ketones is 1. The molecule has 2 aliphatic rings. The highest BCUT2D eigenvalue weighted by molar-refractivity contribution is 5.97. The highest BCUT2D eigenvalue weighted by Crippen LogP contribution is 2.30. The lowest BCUT2D eigenvalue weighted by Gasteiger charge is -2.23. The molecular formula is C15H21NO2. The van der Waals surface area contributed by atoms with E-state index < -0.39 is 0 Å². The number of ether oxygens (including phenoxy) is 1. The van der Waals surface area contributed by atoms with Gasteiger partial charge in [-0.15, -0.1) is 0 Å². The molecule has 3 atom stereocenters. The lowest BCUT2D eigenvalue weighted by molar-refractivity contribution is -0.120. The maximum Gasteiger partial charge on any atom is 0.212 e. The smallest absolute Gasteiger partial charge is 0.212 e. The first-order chi connectivity index (χ1) is 8.50. The van der Waals surface area contributed by atoms with Crippen LogP contribution < -0.4 is 0 Å². The van der Waals surface area contributed by atoms with Gasteiger partial charge in [0.05, 0.1) is 6.04 Å². The molecule has 18 heavy (non-hydrogen) atoms. The van der Waals surface area contributed by atoms with Gasteiger partial charge in [-0.3, -0.25) is 4.79 Å². The van der Waals surface area contributed by atoms with Crippen LogP contribution in [-0.2, 0) is 9.53 Å². The Morgan fingerprint density at radius 2 is 2.22 bits per heavy atom. The number of carbonyl (C=O) groups is 1. The second-order valence-electron chi connectivity index (χ2n) is 5.49. The SMILES string of the molecule is CC(=O)[C@H]1C=CC=C(C2=N[C@@H](C(C)C)CO2)[C@@H]1C. The van der Waals surface area contributed by atoms with Crippen LogP contribution in [0, 0.1) is 17.8 Å². The van der Waals surface area contributed by atoms with E-state index in [0.29, 0.717) is 12.5 Å². The zero-order valence-electron chi connectivity index (χ0n) is 11.5. The Labute approximate surface area is 109 Å². The van der Waals surface area contributed by atoms with Crippen molar-refractivity contribution in [3.05, 3.63) is 23.8 Å². The Morgan fingerprint density at radius 1 is 1.50 bits per heavy atom. The Balaban J connectivity index is 2.19. The van der Waals surface area contributed by atoms with E-state index in [4.69, 9.17) is 4.74 Å². The predicted octanol–water partition coefficient (Wildman–Crippen LogP) is 2.78. The molecule has 0 aromatic heterocycles. The summed E-state index contributed by atoms with van der Waals surface area (Å²) in [5, 5.41) is 0. The van der Waals surface area contributed by atoms with E-state index in [2.05, 4.69) is 25.8 Å². The topological polar surface area (TPSA) is 38.7 Å². The van der Waals surface area contributed by atoms with Crippen molar-refractivity contribution in [1.82, 2.24) is 0 Å². The molecule has 0 fully saturated rings. The molecule has 0 bridgehead atoms. The molecule has 98 valence electrons. The first kappa shape index (κ1) is 13.1. The number of rotatable bonds is 3. The molecule has 0 amide bonds. The molecule has 0 aromatic carbocycles. The molecule has 0 saturated heterocycles. The second-order valence-corrected chi connectivity index (χ2v) is 5.49. The van der Waals surface area contributed by atoms with Gasteiger partial charge in [0.2, 0.25) is 5.90 Å². The molecule has 2 rings (SSSR count). The van der Waals surface area contributed by atoms with E-state index in [-0.39, 0.29) is 23.7 Å². The molecule has 3 nitrogen and oxygen atoms in total. The van der Waals surface area contributed by atoms with Crippen LogP contribution >= 0.6 is 0 Å². The van der Waals surface area contributed by atoms with Gasteiger partial charge in [-0.05, 0) is 18.8 Å². The van der Waals surface area contributed by atoms with Crippen molar-refractivity contribution in [2.75, 3.05) is 6.61 Å². The molecule has 1 aliphatic heterocycles. The summed E-state index contributed by atoms with van der Waals surface area (Å²) in [6, 6.07) is 0.245. The highest BCUT2D eigenvalue weighted by atomic mass is 16.5. The number of carbonyl (C=O) groups excluding carboxylic acids is 1. The minimum absolute atomic E-state index is 0.0469. The van der Waals surface area contributed by atoms with Crippen molar-refractivity contribution in [2.45, 2.75) is 33.7 Å². The summed E-state index contributed by atoms with van der Waals surface area (Å²) in [6.45, 7) is 8.67. The van der Waals surface area contributed by atoms with Crippen molar-refractivity contribution in [1.29, 1.82) is 0 Å². The van der Waals surface area contributed by atoms with Crippen molar-refractivity contribution in [3.63, 3.8) is 0 Å². The van der Waals surface area contributed by atoms with Crippen molar-refractivity contribution in [3.8, 4) is 0 Å². The number of hydrogen-bond acceptors (Lipinski definition) is 3. The van der Waals surface area contributed by atoms with E-state index in [1.165, 1.54) is 0 Å². The predicted molar refractivity (Wildman–Crippen MR) is 72.6 cm³/mol. The summed E-state index contributed by atoms with van der Waals surface area (Å²) in [5.41, 5.74) is 1.06. The van der Waals surface area contributed by atoms with Crippen molar-refractivity contribution in [2.24, 2.45) is 22.7 Å². The molecule has 0 saturated carbocycles. The van der Waals surface area contributed by atoms with Crippen LogP contribution in [0.4, 0.5) is 0 Å². The Hall–Kier alpha value is -1.38. The lowest BCUT2D eigenvalue weighted by Crippen LogP contribution is -2.25. The van der Waals surface area contributed by atoms with Crippen LogP contribution in [0.25, 0.3) is 0 Å². The van der Waals surface area contributed by atoms with Crippen LogP contribution in [0.5, 0.6) is 0 Å². The van der Waals surface area contributed by atoms with E-state index >= 15 is 0 Å². The van der Waals surface area contributed by atoms with Gasteiger partial charge in [0.1, 0.15) is 12.4 Å². The Morgan fingerprint density at radius 3 is 2.78 bits per heavy atom. The zero-order chi connectivity index (χ0) is 13.3.